The minimum absolute atomic E-state index is 0.0891. The van der Waals surface area contributed by atoms with Gasteiger partial charge in [-0.15, -0.1) is 0 Å². The molecule has 0 saturated heterocycles. The highest BCUT2D eigenvalue weighted by atomic mass is 16.1. The first kappa shape index (κ1) is 12.0. The smallest absolute Gasteiger partial charge is 0.224 e. The number of likely N-dealkylation sites (N-methyl/N-ethyl adjacent to an activating group) is 1. The van der Waals surface area contributed by atoms with E-state index in [0.29, 0.717) is 13.0 Å². The lowest BCUT2D eigenvalue weighted by Crippen LogP contribution is -2.24. The van der Waals surface area contributed by atoms with Gasteiger partial charge in [0.25, 0.3) is 0 Å². The van der Waals surface area contributed by atoms with Gasteiger partial charge in [0, 0.05) is 18.8 Å². The van der Waals surface area contributed by atoms with Crippen molar-refractivity contribution in [3.05, 3.63) is 29.8 Å². The molecule has 1 fully saturated rings. The van der Waals surface area contributed by atoms with Crippen LogP contribution in [-0.2, 0) is 11.2 Å². The van der Waals surface area contributed by atoms with E-state index in [1.165, 1.54) is 12.8 Å². The van der Waals surface area contributed by atoms with E-state index in [9.17, 15) is 4.79 Å². The van der Waals surface area contributed by atoms with Crippen molar-refractivity contribution in [1.82, 2.24) is 5.32 Å². The maximum Gasteiger partial charge on any atom is 0.224 e. The summed E-state index contributed by atoms with van der Waals surface area (Å²) in [4.78, 5) is 11.4. The molecule has 17 heavy (non-hydrogen) atoms. The predicted octanol–water partition coefficient (Wildman–Crippen LogP) is 2.19. The SMILES string of the molecule is CCNC(=O)Cc1ccc(NCC2CC2)cc1. The molecular formula is C14H20N2O. The van der Waals surface area contributed by atoms with Gasteiger partial charge in [0.1, 0.15) is 0 Å². The number of amides is 1. The van der Waals surface area contributed by atoms with Gasteiger partial charge in [0.15, 0.2) is 0 Å². The molecule has 1 saturated carbocycles. The van der Waals surface area contributed by atoms with E-state index in [4.69, 9.17) is 0 Å². The summed E-state index contributed by atoms with van der Waals surface area (Å²) in [5.74, 6) is 0.969. The Bertz CT molecular complexity index is 368. The first-order chi connectivity index (χ1) is 8.28. The van der Waals surface area contributed by atoms with E-state index in [2.05, 4.69) is 22.8 Å². The van der Waals surface area contributed by atoms with Crippen LogP contribution in [0.3, 0.4) is 0 Å². The number of rotatable bonds is 6. The number of benzene rings is 1. The van der Waals surface area contributed by atoms with Crippen molar-refractivity contribution in [1.29, 1.82) is 0 Å². The molecule has 1 amide bonds. The van der Waals surface area contributed by atoms with Gasteiger partial charge < -0.3 is 10.6 Å². The zero-order valence-electron chi connectivity index (χ0n) is 10.3. The number of carbonyl (C=O) groups is 1. The molecule has 3 heteroatoms. The maximum absolute atomic E-state index is 11.4. The molecule has 92 valence electrons. The summed E-state index contributed by atoms with van der Waals surface area (Å²) in [6.07, 6.45) is 3.20. The molecule has 0 atom stereocenters. The molecular weight excluding hydrogens is 212 g/mol. The summed E-state index contributed by atoms with van der Waals surface area (Å²) in [5, 5.41) is 6.21. The zero-order valence-corrected chi connectivity index (χ0v) is 10.3. The second-order valence-electron chi connectivity index (χ2n) is 4.65. The summed E-state index contributed by atoms with van der Waals surface area (Å²) in [6.45, 7) is 3.71. The molecule has 2 N–H and O–H groups in total. The van der Waals surface area contributed by atoms with Gasteiger partial charge in [0.2, 0.25) is 5.91 Å². The summed E-state index contributed by atoms with van der Waals surface area (Å²) in [5.41, 5.74) is 2.21. The van der Waals surface area contributed by atoms with E-state index in [1.807, 2.05) is 19.1 Å². The van der Waals surface area contributed by atoms with Gasteiger partial charge in [-0.2, -0.15) is 0 Å². The third-order valence-electron chi connectivity index (χ3n) is 2.98. The minimum Gasteiger partial charge on any atom is -0.385 e. The van der Waals surface area contributed by atoms with Gasteiger partial charge in [-0.25, -0.2) is 0 Å². The second kappa shape index (κ2) is 5.71. The highest BCUT2D eigenvalue weighted by Crippen LogP contribution is 2.28. The van der Waals surface area contributed by atoms with E-state index < -0.39 is 0 Å². The number of nitrogens with one attached hydrogen (secondary N) is 2. The Morgan fingerprint density at radius 2 is 2.00 bits per heavy atom. The molecule has 0 heterocycles. The molecule has 1 aromatic carbocycles. The fourth-order valence-electron chi connectivity index (χ4n) is 1.77. The molecule has 0 bridgehead atoms. The van der Waals surface area contributed by atoms with E-state index in [-0.39, 0.29) is 5.91 Å². The van der Waals surface area contributed by atoms with Crippen molar-refractivity contribution in [3.63, 3.8) is 0 Å². The number of carbonyl (C=O) groups excluding carboxylic acids is 1. The highest BCUT2D eigenvalue weighted by Gasteiger charge is 2.20. The Labute approximate surface area is 103 Å². The molecule has 1 aliphatic carbocycles. The zero-order chi connectivity index (χ0) is 12.1. The number of hydrogen-bond acceptors (Lipinski definition) is 2. The maximum atomic E-state index is 11.4. The summed E-state index contributed by atoms with van der Waals surface area (Å²) >= 11 is 0. The van der Waals surface area contributed by atoms with Gasteiger partial charge in [-0.05, 0) is 43.4 Å². The highest BCUT2D eigenvalue weighted by molar-refractivity contribution is 5.78. The monoisotopic (exact) mass is 232 g/mol. The minimum atomic E-state index is 0.0891. The summed E-state index contributed by atoms with van der Waals surface area (Å²) in [7, 11) is 0. The lowest BCUT2D eigenvalue weighted by atomic mass is 10.1. The van der Waals surface area contributed by atoms with Crippen LogP contribution in [0.2, 0.25) is 0 Å². The Kier molecular flexibility index (Phi) is 4.02. The average Bonchev–Trinajstić information content (AvgIpc) is 3.12. The van der Waals surface area contributed by atoms with Crippen LogP contribution in [-0.4, -0.2) is 19.0 Å². The van der Waals surface area contributed by atoms with Crippen molar-refractivity contribution in [2.24, 2.45) is 5.92 Å². The fourth-order valence-corrected chi connectivity index (χ4v) is 1.77. The topological polar surface area (TPSA) is 41.1 Å². The van der Waals surface area contributed by atoms with Gasteiger partial charge in [-0.3, -0.25) is 4.79 Å². The Morgan fingerprint density at radius 3 is 2.59 bits per heavy atom. The molecule has 0 aromatic heterocycles. The fraction of sp³-hybridized carbons (Fsp3) is 0.500. The quantitative estimate of drug-likeness (QED) is 0.789. The molecule has 3 nitrogen and oxygen atoms in total. The van der Waals surface area contributed by atoms with Crippen LogP contribution in [0, 0.1) is 5.92 Å². The van der Waals surface area contributed by atoms with Crippen molar-refractivity contribution < 1.29 is 4.79 Å². The second-order valence-corrected chi connectivity index (χ2v) is 4.65. The molecule has 1 aromatic rings. The van der Waals surface area contributed by atoms with Crippen LogP contribution in [0.15, 0.2) is 24.3 Å². The van der Waals surface area contributed by atoms with Crippen LogP contribution < -0.4 is 10.6 Å². The van der Waals surface area contributed by atoms with Crippen molar-refractivity contribution >= 4 is 11.6 Å². The summed E-state index contributed by atoms with van der Waals surface area (Å²) in [6, 6.07) is 8.14. The van der Waals surface area contributed by atoms with E-state index in [0.717, 1.165) is 23.7 Å². The lowest BCUT2D eigenvalue weighted by molar-refractivity contribution is -0.120. The first-order valence-corrected chi connectivity index (χ1v) is 6.37. The number of hydrogen-bond donors (Lipinski definition) is 2. The average molecular weight is 232 g/mol. The van der Waals surface area contributed by atoms with Gasteiger partial charge in [0.05, 0.1) is 6.42 Å². The third-order valence-corrected chi connectivity index (χ3v) is 2.98. The van der Waals surface area contributed by atoms with Crippen LogP contribution in [0.25, 0.3) is 0 Å². The first-order valence-electron chi connectivity index (χ1n) is 6.37. The van der Waals surface area contributed by atoms with Crippen LogP contribution in [0.5, 0.6) is 0 Å². The van der Waals surface area contributed by atoms with Gasteiger partial charge >= 0.3 is 0 Å². The Balaban J connectivity index is 1.81. The molecule has 0 aliphatic heterocycles. The van der Waals surface area contributed by atoms with E-state index >= 15 is 0 Å². The van der Waals surface area contributed by atoms with Crippen molar-refractivity contribution in [2.45, 2.75) is 26.2 Å². The largest absolute Gasteiger partial charge is 0.385 e. The van der Waals surface area contributed by atoms with Gasteiger partial charge in [-0.1, -0.05) is 12.1 Å². The van der Waals surface area contributed by atoms with Crippen LogP contribution in [0.1, 0.15) is 25.3 Å². The van der Waals surface area contributed by atoms with Crippen LogP contribution >= 0.6 is 0 Å². The predicted molar refractivity (Wildman–Crippen MR) is 70.0 cm³/mol. The normalized spacial score (nSPS) is 14.4. The Morgan fingerprint density at radius 1 is 1.29 bits per heavy atom. The van der Waals surface area contributed by atoms with Crippen molar-refractivity contribution in [3.8, 4) is 0 Å². The lowest BCUT2D eigenvalue weighted by Gasteiger charge is -2.07. The molecule has 2 rings (SSSR count). The Hall–Kier alpha value is -1.51. The number of anilines is 1. The molecule has 0 radical (unpaired) electrons. The molecule has 0 spiro atoms. The van der Waals surface area contributed by atoms with E-state index in [1.54, 1.807) is 0 Å². The molecule has 1 aliphatic rings. The summed E-state index contributed by atoms with van der Waals surface area (Å²) < 4.78 is 0. The van der Waals surface area contributed by atoms with Crippen molar-refractivity contribution in [2.75, 3.05) is 18.4 Å². The standard InChI is InChI=1S/C14H20N2O/c1-2-15-14(17)9-11-5-7-13(8-6-11)16-10-12-3-4-12/h5-8,12,16H,2-4,9-10H2,1H3,(H,15,17). The van der Waals surface area contributed by atoms with Crippen LogP contribution in [0.4, 0.5) is 5.69 Å². The third kappa shape index (κ3) is 4.10. The molecule has 0 unspecified atom stereocenters.